The molecule has 1 saturated heterocycles. The maximum absolute atomic E-state index is 5.83. The fourth-order valence-corrected chi connectivity index (χ4v) is 3.31. The minimum absolute atomic E-state index is 0.656. The van der Waals surface area contributed by atoms with Gasteiger partial charge in [-0.15, -0.1) is 0 Å². The van der Waals surface area contributed by atoms with Crippen LogP contribution >= 0.6 is 0 Å². The van der Waals surface area contributed by atoms with Crippen molar-refractivity contribution in [1.29, 1.82) is 0 Å². The number of nitrogen functional groups attached to an aromatic ring is 1. The first-order valence-corrected chi connectivity index (χ1v) is 8.64. The minimum Gasteiger partial charge on any atom is -0.399 e. The zero-order valence-corrected chi connectivity index (χ0v) is 13.7. The molecule has 3 rings (SSSR count). The van der Waals surface area contributed by atoms with Crippen LogP contribution in [0.4, 0.5) is 5.69 Å². The second kappa shape index (κ2) is 8.14. The van der Waals surface area contributed by atoms with Gasteiger partial charge in [0.1, 0.15) is 0 Å². The lowest BCUT2D eigenvalue weighted by Crippen LogP contribution is -2.42. The van der Waals surface area contributed by atoms with Gasteiger partial charge in [-0.3, -0.25) is 4.90 Å². The van der Waals surface area contributed by atoms with E-state index < -0.39 is 0 Å². The van der Waals surface area contributed by atoms with E-state index in [1.807, 2.05) is 12.1 Å². The summed E-state index contributed by atoms with van der Waals surface area (Å²) in [5, 5.41) is 3.71. The molecule has 1 aliphatic heterocycles. The van der Waals surface area contributed by atoms with Crippen LogP contribution in [-0.2, 0) is 13.0 Å². The number of piperidine rings is 1. The fourth-order valence-electron chi connectivity index (χ4n) is 3.31. The summed E-state index contributed by atoms with van der Waals surface area (Å²) in [6, 6.07) is 19.6. The topological polar surface area (TPSA) is 41.3 Å². The number of nitrogens with one attached hydrogen (secondary N) is 1. The van der Waals surface area contributed by atoms with Gasteiger partial charge >= 0.3 is 0 Å². The molecule has 1 heterocycles. The van der Waals surface area contributed by atoms with E-state index in [2.05, 4.69) is 52.7 Å². The molecular formula is C20H27N3. The molecule has 3 N–H and O–H groups in total. The zero-order valence-electron chi connectivity index (χ0n) is 13.7. The van der Waals surface area contributed by atoms with Gasteiger partial charge in [0, 0.05) is 18.3 Å². The molecule has 3 nitrogen and oxygen atoms in total. The van der Waals surface area contributed by atoms with Crippen LogP contribution in [0.2, 0.25) is 0 Å². The van der Waals surface area contributed by atoms with Gasteiger partial charge in [0.2, 0.25) is 0 Å². The highest BCUT2D eigenvalue weighted by Crippen LogP contribution is 2.14. The molecule has 3 heteroatoms. The second-order valence-corrected chi connectivity index (χ2v) is 6.49. The molecule has 0 unspecified atom stereocenters. The van der Waals surface area contributed by atoms with Crippen molar-refractivity contribution in [2.45, 2.75) is 31.8 Å². The average molecular weight is 309 g/mol. The standard InChI is InChI=1S/C20H27N3/c21-19-8-4-7-17(15-19)9-12-22-20-10-13-23(14-11-20)16-18-5-2-1-3-6-18/h1-8,15,20,22H,9-14,16,21H2. The second-order valence-electron chi connectivity index (χ2n) is 6.49. The summed E-state index contributed by atoms with van der Waals surface area (Å²) < 4.78 is 0. The van der Waals surface area contributed by atoms with Gasteiger partial charge in [0.15, 0.2) is 0 Å². The van der Waals surface area contributed by atoms with Crippen LogP contribution in [-0.4, -0.2) is 30.6 Å². The molecule has 1 aliphatic rings. The van der Waals surface area contributed by atoms with Crippen LogP contribution in [0.15, 0.2) is 54.6 Å². The van der Waals surface area contributed by atoms with E-state index in [9.17, 15) is 0 Å². The van der Waals surface area contributed by atoms with Gasteiger partial charge in [-0.1, -0.05) is 42.5 Å². The summed E-state index contributed by atoms with van der Waals surface area (Å²) in [4.78, 5) is 2.56. The Morgan fingerprint density at radius 2 is 1.70 bits per heavy atom. The van der Waals surface area contributed by atoms with Crippen molar-refractivity contribution < 1.29 is 0 Å². The van der Waals surface area contributed by atoms with Gasteiger partial charge in [-0.25, -0.2) is 0 Å². The Morgan fingerprint density at radius 3 is 2.43 bits per heavy atom. The largest absolute Gasteiger partial charge is 0.399 e. The van der Waals surface area contributed by atoms with E-state index in [0.717, 1.165) is 25.2 Å². The SMILES string of the molecule is Nc1cccc(CCNC2CCN(Cc3ccccc3)CC2)c1. The number of rotatable bonds is 6. The van der Waals surface area contributed by atoms with Crippen molar-refractivity contribution in [3.05, 3.63) is 65.7 Å². The summed E-state index contributed by atoms with van der Waals surface area (Å²) in [6.45, 7) is 4.49. The van der Waals surface area contributed by atoms with Crippen molar-refractivity contribution >= 4 is 5.69 Å². The Morgan fingerprint density at radius 1 is 0.957 bits per heavy atom. The zero-order chi connectivity index (χ0) is 15.9. The molecular weight excluding hydrogens is 282 g/mol. The van der Waals surface area contributed by atoms with Crippen LogP contribution in [0.3, 0.4) is 0 Å². The first-order chi connectivity index (χ1) is 11.3. The number of nitrogens with zero attached hydrogens (tertiary/aromatic N) is 1. The number of hydrogen-bond acceptors (Lipinski definition) is 3. The molecule has 0 amide bonds. The Bertz CT molecular complexity index is 589. The lowest BCUT2D eigenvalue weighted by molar-refractivity contribution is 0.191. The Hall–Kier alpha value is -1.84. The summed E-state index contributed by atoms with van der Waals surface area (Å²) in [5.41, 5.74) is 9.42. The van der Waals surface area contributed by atoms with E-state index >= 15 is 0 Å². The molecule has 1 fully saturated rings. The van der Waals surface area contributed by atoms with E-state index in [4.69, 9.17) is 5.73 Å². The lowest BCUT2D eigenvalue weighted by Gasteiger charge is -2.32. The van der Waals surface area contributed by atoms with E-state index in [0.29, 0.717) is 6.04 Å². The third kappa shape index (κ3) is 5.08. The summed E-state index contributed by atoms with van der Waals surface area (Å²) in [5.74, 6) is 0. The Kier molecular flexibility index (Phi) is 5.67. The van der Waals surface area contributed by atoms with Crippen molar-refractivity contribution in [2.75, 3.05) is 25.4 Å². The van der Waals surface area contributed by atoms with E-state index in [1.54, 1.807) is 0 Å². The average Bonchev–Trinajstić information content (AvgIpc) is 2.58. The monoisotopic (exact) mass is 309 g/mol. The molecule has 0 radical (unpaired) electrons. The van der Waals surface area contributed by atoms with Crippen LogP contribution in [0, 0.1) is 0 Å². The van der Waals surface area contributed by atoms with Gasteiger partial charge < -0.3 is 11.1 Å². The predicted octanol–water partition coefficient (Wildman–Crippen LogP) is 3.07. The Balaban J connectivity index is 1.36. The van der Waals surface area contributed by atoms with Gasteiger partial charge in [-0.05, 0) is 62.2 Å². The molecule has 0 aromatic heterocycles. The van der Waals surface area contributed by atoms with Crippen molar-refractivity contribution in [3.8, 4) is 0 Å². The third-order valence-electron chi connectivity index (χ3n) is 4.63. The maximum Gasteiger partial charge on any atom is 0.0316 e. The van der Waals surface area contributed by atoms with Gasteiger partial charge in [0.05, 0.1) is 0 Å². The molecule has 0 spiro atoms. The molecule has 2 aromatic rings. The summed E-state index contributed by atoms with van der Waals surface area (Å²) in [6.07, 6.45) is 3.53. The normalized spacial score (nSPS) is 16.5. The lowest BCUT2D eigenvalue weighted by atomic mass is 10.0. The van der Waals surface area contributed by atoms with Crippen LogP contribution in [0.5, 0.6) is 0 Å². The quantitative estimate of drug-likeness (QED) is 0.806. The number of likely N-dealkylation sites (tertiary alicyclic amines) is 1. The van der Waals surface area contributed by atoms with E-state index in [-0.39, 0.29) is 0 Å². The van der Waals surface area contributed by atoms with Crippen molar-refractivity contribution in [3.63, 3.8) is 0 Å². The summed E-state index contributed by atoms with van der Waals surface area (Å²) in [7, 11) is 0. The molecule has 0 atom stereocenters. The molecule has 2 aromatic carbocycles. The van der Waals surface area contributed by atoms with Gasteiger partial charge in [0.25, 0.3) is 0 Å². The molecule has 0 bridgehead atoms. The Labute approximate surface area is 139 Å². The number of hydrogen-bond donors (Lipinski definition) is 2. The smallest absolute Gasteiger partial charge is 0.0316 e. The van der Waals surface area contributed by atoms with Crippen molar-refractivity contribution in [2.24, 2.45) is 0 Å². The van der Waals surface area contributed by atoms with Crippen LogP contribution in [0.1, 0.15) is 24.0 Å². The minimum atomic E-state index is 0.656. The molecule has 0 aliphatic carbocycles. The highest BCUT2D eigenvalue weighted by atomic mass is 15.1. The first-order valence-electron chi connectivity index (χ1n) is 8.64. The molecule has 0 saturated carbocycles. The van der Waals surface area contributed by atoms with E-state index in [1.165, 1.54) is 37.1 Å². The first kappa shape index (κ1) is 16.0. The fraction of sp³-hybridized carbons (Fsp3) is 0.400. The number of anilines is 1. The highest BCUT2D eigenvalue weighted by Gasteiger charge is 2.18. The highest BCUT2D eigenvalue weighted by molar-refractivity contribution is 5.40. The van der Waals surface area contributed by atoms with Crippen LogP contribution in [0.25, 0.3) is 0 Å². The predicted molar refractivity (Wildman–Crippen MR) is 97.3 cm³/mol. The van der Waals surface area contributed by atoms with Crippen LogP contribution < -0.4 is 11.1 Å². The summed E-state index contributed by atoms with van der Waals surface area (Å²) >= 11 is 0. The molecule has 122 valence electrons. The number of benzene rings is 2. The number of nitrogens with two attached hydrogens (primary N) is 1. The third-order valence-corrected chi connectivity index (χ3v) is 4.63. The van der Waals surface area contributed by atoms with Crippen molar-refractivity contribution in [1.82, 2.24) is 10.2 Å². The van der Waals surface area contributed by atoms with Gasteiger partial charge in [-0.2, -0.15) is 0 Å². The maximum atomic E-state index is 5.83. The molecule has 23 heavy (non-hydrogen) atoms.